The Bertz CT molecular complexity index is 926. The van der Waals surface area contributed by atoms with Crippen molar-refractivity contribution in [3.05, 3.63) is 46.8 Å². The Morgan fingerprint density at radius 3 is 2.23 bits per heavy atom. The zero-order valence-electron chi connectivity index (χ0n) is 18.3. The van der Waals surface area contributed by atoms with Gasteiger partial charge in [0.1, 0.15) is 5.60 Å². The smallest absolute Gasteiger partial charge is 0.407 e. The second-order valence-electron chi connectivity index (χ2n) is 7.95. The molecule has 1 aromatic carbocycles. The lowest BCUT2D eigenvalue weighted by Gasteiger charge is -2.19. The number of carbonyl (C=O) groups is 3. The predicted molar refractivity (Wildman–Crippen MR) is 113 cm³/mol. The van der Waals surface area contributed by atoms with Crippen LogP contribution in [0.2, 0.25) is 0 Å². The normalized spacial score (nSPS) is 11.0. The SMILES string of the molecule is Cc1nn(C)c(C)c1NC(=O)CNC(=O)c1ccc(CNC(=O)OC(C)(C)C)cc1. The Balaban J connectivity index is 1.83. The average Bonchev–Trinajstić information content (AvgIpc) is 2.89. The molecule has 1 heterocycles. The van der Waals surface area contributed by atoms with Gasteiger partial charge in [0.15, 0.2) is 0 Å². The van der Waals surface area contributed by atoms with Gasteiger partial charge in [0.2, 0.25) is 5.91 Å². The fourth-order valence-electron chi connectivity index (χ4n) is 2.66. The standard InChI is InChI=1S/C21H29N5O4/c1-13-18(14(2)26(6)25-13)24-17(27)12-22-19(28)16-9-7-15(8-10-16)11-23-20(29)30-21(3,4)5/h7-10H,11-12H2,1-6H3,(H,22,28)(H,23,29)(H,24,27). The van der Waals surface area contributed by atoms with Crippen molar-refractivity contribution in [2.75, 3.05) is 11.9 Å². The molecule has 0 bridgehead atoms. The zero-order valence-corrected chi connectivity index (χ0v) is 18.3. The molecule has 0 aliphatic carbocycles. The van der Waals surface area contributed by atoms with E-state index in [0.29, 0.717) is 16.9 Å². The summed E-state index contributed by atoms with van der Waals surface area (Å²) in [6.07, 6.45) is -0.505. The summed E-state index contributed by atoms with van der Waals surface area (Å²) in [5.41, 5.74) is 2.87. The number of anilines is 1. The minimum Gasteiger partial charge on any atom is -0.444 e. The third-order valence-electron chi connectivity index (χ3n) is 4.23. The number of alkyl carbamates (subject to hydrolysis) is 1. The molecule has 0 atom stereocenters. The van der Waals surface area contributed by atoms with Crippen LogP contribution in [0.5, 0.6) is 0 Å². The van der Waals surface area contributed by atoms with Crippen LogP contribution < -0.4 is 16.0 Å². The van der Waals surface area contributed by atoms with E-state index in [-0.39, 0.29) is 24.9 Å². The number of nitrogens with one attached hydrogen (secondary N) is 3. The average molecular weight is 415 g/mol. The van der Waals surface area contributed by atoms with Gasteiger partial charge in [-0.1, -0.05) is 12.1 Å². The number of aryl methyl sites for hydroxylation is 2. The van der Waals surface area contributed by atoms with Gasteiger partial charge in [-0.15, -0.1) is 0 Å². The van der Waals surface area contributed by atoms with Crippen LogP contribution in [0.3, 0.4) is 0 Å². The highest BCUT2D eigenvalue weighted by Gasteiger charge is 2.16. The first-order valence-corrected chi connectivity index (χ1v) is 9.60. The van der Waals surface area contributed by atoms with Gasteiger partial charge in [-0.3, -0.25) is 14.3 Å². The van der Waals surface area contributed by atoms with Crippen molar-refractivity contribution in [1.29, 1.82) is 0 Å². The molecule has 0 saturated carbocycles. The number of rotatable bonds is 6. The van der Waals surface area contributed by atoms with Crippen LogP contribution in [0.4, 0.5) is 10.5 Å². The van der Waals surface area contributed by atoms with Gasteiger partial charge in [-0.25, -0.2) is 4.79 Å². The molecule has 0 aliphatic heterocycles. The fraction of sp³-hybridized carbons (Fsp3) is 0.429. The number of ether oxygens (including phenoxy) is 1. The van der Waals surface area contributed by atoms with Crippen molar-refractivity contribution in [2.45, 2.75) is 46.8 Å². The molecule has 1 aromatic heterocycles. The van der Waals surface area contributed by atoms with Gasteiger partial charge >= 0.3 is 6.09 Å². The predicted octanol–water partition coefficient (Wildman–Crippen LogP) is 2.43. The van der Waals surface area contributed by atoms with Gasteiger partial charge in [-0.05, 0) is 52.3 Å². The lowest BCUT2D eigenvalue weighted by atomic mass is 10.1. The summed E-state index contributed by atoms with van der Waals surface area (Å²) in [4.78, 5) is 36.1. The van der Waals surface area contributed by atoms with Crippen LogP contribution in [0, 0.1) is 13.8 Å². The molecule has 9 heteroatoms. The number of aromatic nitrogens is 2. The van der Waals surface area contributed by atoms with Gasteiger partial charge < -0.3 is 20.7 Å². The second kappa shape index (κ2) is 9.43. The Morgan fingerprint density at radius 1 is 1.07 bits per heavy atom. The molecule has 0 spiro atoms. The number of nitrogens with zero attached hydrogens (tertiary/aromatic N) is 2. The van der Waals surface area contributed by atoms with E-state index >= 15 is 0 Å². The van der Waals surface area contributed by atoms with E-state index in [2.05, 4.69) is 21.0 Å². The third-order valence-corrected chi connectivity index (χ3v) is 4.23. The Hall–Kier alpha value is -3.36. The number of hydrogen-bond acceptors (Lipinski definition) is 5. The maximum atomic E-state index is 12.3. The second-order valence-corrected chi connectivity index (χ2v) is 7.95. The van der Waals surface area contributed by atoms with E-state index in [1.54, 1.807) is 63.7 Å². The highest BCUT2D eigenvalue weighted by atomic mass is 16.6. The van der Waals surface area contributed by atoms with Gasteiger partial charge in [-0.2, -0.15) is 5.10 Å². The molecule has 3 N–H and O–H groups in total. The van der Waals surface area contributed by atoms with E-state index in [9.17, 15) is 14.4 Å². The number of hydrogen-bond donors (Lipinski definition) is 3. The molecular formula is C21H29N5O4. The van der Waals surface area contributed by atoms with Crippen LogP contribution in [-0.2, 0) is 23.1 Å². The van der Waals surface area contributed by atoms with Crippen molar-refractivity contribution >= 4 is 23.6 Å². The maximum absolute atomic E-state index is 12.3. The van der Waals surface area contributed by atoms with E-state index in [1.807, 2.05) is 6.92 Å². The number of benzene rings is 1. The molecule has 0 aliphatic rings. The molecule has 2 aromatic rings. The van der Waals surface area contributed by atoms with Gasteiger partial charge in [0.05, 0.1) is 23.6 Å². The van der Waals surface area contributed by atoms with Crippen molar-refractivity contribution in [3.63, 3.8) is 0 Å². The van der Waals surface area contributed by atoms with Crippen LogP contribution in [-0.4, -0.2) is 39.8 Å². The van der Waals surface area contributed by atoms with E-state index in [4.69, 9.17) is 4.74 Å². The molecule has 30 heavy (non-hydrogen) atoms. The highest BCUT2D eigenvalue weighted by molar-refractivity contribution is 5.99. The highest BCUT2D eigenvalue weighted by Crippen LogP contribution is 2.17. The molecule has 3 amide bonds. The Kier molecular flexibility index (Phi) is 7.20. The number of carbonyl (C=O) groups excluding carboxylic acids is 3. The Morgan fingerprint density at radius 2 is 1.70 bits per heavy atom. The van der Waals surface area contributed by atoms with Crippen LogP contribution in [0.25, 0.3) is 0 Å². The van der Waals surface area contributed by atoms with Crippen molar-refractivity contribution in [1.82, 2.24) is 20.4 Å². The largest absolute Gasteiger partial charge is 0.444 e. The van der Waals surface area contributed by atoms with Crippen LogP contribution in [0.1, 0.15) is 48.1 Å². The summed E-state index contributed by atoms with van der Waals surface area (Å²) >= 11 is 0. The monoisotopic (exact) mass is 415 g/mol. The first kappa shape index (κ1) is 22.9. The topological polar surface area (TPSA) is 114 Å². The first-order chi connectivity index (χ1) is 14.0. The molecule has 0 fully saturated rings. The minimum atomic E-state index is -0.563. The summed E-state index contributed by atoms with van der Waals surface area (Å²) in [5, 5.41) is 12.3. The summed E-state index contributed by atoms with van der Waals surface area (Å²) < 4.78 is 6.86. The molecule has 0 radical (unpaired) electrons. The van der Waals surface area contributed by atoms with E-state index in [0.717, 1.165) is 11.3 Å². The van der Waals surface area contributed by atoms with Crippen LogP contribution >= 0.6 is 0 Å². The molecule has 2 rings (SSSR count). The van der Waals surface area contributed by atoms with Crippen molar-refractivity contribution in [3.8, 4) is 0 Å². The van der Waals surface area contributed by atoms with Crippen LogP contribution in [0.15, 0.2) is 24.3 Å². The van der Waals surface area contributed by atoms with Gasteiger partial charge in [0.25, 0.3) is 5.91 Å². The van der Waals surface area contributed by atoms with Gasteiger partial charge in [0, 0.05) is 19.2 Å². The molecule has 9 nitrogen and oxygen atoms in total. The van der Waals surface area contributed by atoms with E-state index in [1.165, 1.54) is 0 Å². The lowest BCUT2D eigenvalue weighted by molar-refractivity contribution is -0.115. The molecule has 162 valence electrons. The number of amides is 3. The quantitative estimate of drug-likeness (QED) is 0.670. The molecule has 0 saturated heterocycles. The fourth-order valence-corrected chi connectivity index (χ4v) is 2.66. The minimum absolute atomic E-state index is 0.158. The van der Waals surface area contributed by atoms with Crippen molar-refractivity contribution in [2.24, 2.45) is 7.05 Å². The van der Waals surface area contributed by atoms with Crippen molar-refractivity contribution < 1.29 is 19.1 Å². The molecule has 0 unspecified atom stereocenters. The zero-order chi connectivity index (χ0) is 22.5. The Labute approximate surface area is 176 Å². The summed E-state index contributed by atoms with van der Waals surface area (Å²) in [6, 6.07) is 6.73. The summed E-state index contributed by atoms with van der Waals surface area (Å²) in [7, 11) is 1.80. The molecular weight excluding hydrogens is 386 g/mol. The first-order valence-electron chi connectivity index (χ1n) is 9.60. The van der Waals surface area contributed by atoms with E-state index < -0.39 is 11.7 Å². The maximum Gasteiger partial charge on any atom is 0.407 e. The lowest BCUT2D eigenvalue weighted by Crippen LogP contribution is -2.33. The summed E-state index contributed by atoms with van der Waals surface area (Å²) in [5.74, 6) is -0.697. The third kappa shape index (κ3) is 6.61. The summed E-state index contributed by atoms with van der Waals surface area (Å²) in [6.45, 7) is 9.16.